The minimum absolute atomic E-state index is 0.330. The smallest absolute Gasteiger partial charge is 0.237 e. The summed E-state index contributed by atoms with van der Waals surface area (Å²) in [7, 11) is 0. The van der Waals surface area contributed by atoms with Crippen molar-refractivity contribution < 1.29 is 8.91 Å². The largest absolute Gasteiger partial charge is 0.338 e. The van der Waals surface area contributed by atoms with Crippen molar-refractivity contribution in [3.05, 3.63) is 65.3 Å². The van der Waals surface area contributed by atoms with E-state index in [2.05, 4.69) is 20.3 Å². The minimum atomic E-state index is -0.330. The lowest BCUT2D eigenvalue weighted by molar-refractivity contribution is 0.391. The summed E-state index contributed by atoms with van der Waals surface area (Å²) in [6.07, 6.45) is 0. The fourth-order valence-electron chi connectivity index (χ4n) is 2.36. The molecular weight excluding hydrogens is 391 g/mol. The van der Waals surface area contributed by atoms with E-state index in [4.69, 9.17) is 22.0 Å². The summed E-state index contributed by atoms with van der Waals surface area (Å²) in [4.78, 5) is 4.34. The van der Waals surface area contributed by atoms with Crippen molar-refractivity contribution in [2.75, 3.05) is 5.84 Å². The SMILES string of the molecule is Nn1c(SCc2nc(-c3cccc(Cl)c3)no2)nnc1-c1ccc(F)cc1. The fourth-order valence-corrected chi connectivity index (χ4v) is 3.24. The Morgan fingerprint density at radius 3 is 2.70 bits per heavy atom. The zero-order chi connectivity index (χ0) is 18.8. The van der Waals surface area contributed by atoms with Crippen LogP contribution in [0.25, 0.3) is 22.8 Å². The lowest BCUT2D eigenvalue weighted by Gasteiger charge is -2.02. The van der Waals surface area contributed by atoms with Gasteiger partial charge in [-0.3, -0.25) is 0 Å². The van der Waals surface area contributed by atoms with E-state index in [1.807, 2.05) is 12.1 Å². The molecule has 0 spiro atoms. The number of aromatic nitrogens is 5. The van der Waals surface area contributed by atoms with Crippen molar-refractivity contribution in [3.8, 4) is 22.8 Å². The van der Waals surface area contributed by atoms with E-state index < -0.39 is 0 Å². The molecule has 27 heavy (non-hydrogen) atoms. The van der Waals surface area contributed by atoms with Crippen LogP contribution in [0.1, 0.15) is 5.89 Å². The summed E-state index contributed by atoms with van der Waals surface area (Å²) < 4.78 is 19.7. The molecule has 2 N–H and O–H groups in total. The second-order valence-corrected chi connectivity index (χ2v) is 6.87. The fraction of sp³-hybridized carbons (Fsp3) is 0.0588. The van der Waals surface area contributed by atoms with Gasteiger partial charge in [-0.1, -0.05) is 40.7 Å². The van der Waals surface area contributed by atoms with Gasteiger partial charge in [0.25, 0.3) is 0 Å². The molecule has 0 amide bonds. The first-order chi connectivity index (χ1) is 13.1. The Morgan fingerprint density at radius 2 is 1.93 bits per heavy atom. The van der Waals surface area contributed by atoms with Crippen LogP contribution >= 0.6 is 23.4 Å². The molecule has 0 fully saturated rings. The summed E-state index contributed by atoms with van der Waals surface area (Å²) >= 11 is 7.28. The van der Waals surface area contributed by atoms with Crippen LogP contribution in [0.2, 0.25) is 5.02 Å². The highest BCUT2D eigenvalue weighted by Gasteiger charge is 2.15. The van der Waals surface area contributed by atoms with Gasteiger partial charge in [0, 0.05) is 16.1 Å². The summed E-state index contributed by atoms with van der Waals surface area (Å²) in [5.74, 6) is 7.39. The molecule has 10 heteroatoms. The zero-order valence-electron chi connectivity index (χ0n) is 13.7. The van der Waals surface area contributed by atoms with Gasteiger partial charge in [-0.2, -0.15) is 4.98 Å². The lowest BCUT2D eigenvalue weighted by Crippen LogP contribution is -2.11. The normalized spacial score (nSPS) is 11.0. The molecule has 136 valence electrons. The Labute approximate surface area is 162 Å². The third-order valence-electron chi connectivity index (χ3n) is 3.64. The second-order valence-electron chi connectivity index (χ2n) is 5.49. The van der Waals surface area contributed by atoms with Crippen molar-refractivity contribution in [2.45, 2.75) is 10.9 Å². The first-order valence-electron chi connectivity index (χ1n) is 7.78. The third kappa shape index (κ3) is 3.79. The molecule has 0 aliphatic carbocycles. The van der Waals surface area contributed by atoms with Crippen LogP contribution in [0.3, 0.4) is 0 Å². The first kappa shape index (κ1) is 17.5. The van der Waals surface area contributed by atoms with E-state index >= 15 is 0 Å². The van der Waals surface area contributed by atoms with Crippen LogP contribution in [0.15, 0.2) is 58.2 Å². The predicted octanol–water partition coefficient (Wildman–Crippen LogP) is 3.79. The standard InChI is InChI=1S/C17H12ClFN6OS/c18-12-3-1-2-11(8-12)15-21-14(26-24-15)9-27-17-23-22-16(25(17)20)10-4-6-13(19)7-5-10/h1-8H,9,20H2. The van der Waals surface area contributed by atoms with E-state index in [9.17, 15) is 4.39 Å². The molecule has 0 saturated heterocycles. The van der Waals surface area contributed by atoms with Crippen molar-refractivity contribution >= 4 is 23.4 Å². The van der Waals surface area contributed by atoms with Crippen molar-refractivity contribution in [3.63, 3.8) is 0 Å². The molecule has 0 radical (unpaired) electrons. The maximum Gasteiger partial charge on any atom is 0.237 e. The zero-order valence-corrected chi connectivity index (χ0v) is 15.3. The van der Waals surface area contributed by atoms with Crippen molar-refractivity contribution in [1.29, 1.82) is 0 Å². The molecule has 0 aliphatic heterocycles. The number of nitrogens with two attached hydrogens (primary N) is 1. The number of hydrogen-bond acceptors (Lipinski definition) is 7. The molecular formula is C17H12ClFN6OS. The Bertz CT molecular complexity index is 1080. The third-order valence-corrected chi connectivity index (χ3v) is 4.81. The van der Waals surface area contributed by atoms with Crippen molar-refractivity contribution in [2.24, 2.45) is 0 Å². The highest BCUT2D eigenvalue weighted by Crippen LogP contribution is 2.25. The highest BCUT2D eigenvalue weighted by atomic mass is 35.5. The average molecular weight is 403 g/mol. The Balaban J connectivity index is 1.47. The summed E-state index contributed by atoms with van der Waals surface area (Å²) in [5.41, 5.74) is 1.43. The number of rotatable bonds is 5. The van der Waals surface area contributed by atoms with Crippen LogP contribution in [-0.4, -0.2) is 25.0 Å². The average Bonchev–Trinajstić information content (AvgIpc) is 3.28. The van der Waals surface area contributed by atoms with Gasteiger partial charge < -0.3 is 10.4 Å². The minimum Gasteiger partial charge on any atom is -0.338 e. The predicted molar refractivity (Wildman–Crippen MR) is 99.9 cm³/mol. The Hall–Kier alpha value is -2.91. The van der Waals surface area contributed by atoms with Crippen LogP contribution in [0, 0.1) is 5.82 Å². The molecule has 0 unspecified atom stereocenters. The van der Waals surface area contributed by atoms with E-state index in [1.165, 1.54) is 28.6 Å². The molecule has 0 aliphatic rings. The molecule has 0 bridgehead atoms. The topological polar surface area (TPSA) is 95.7 Å². The van der Waals surface area contributed by atoms with Crippen LogP contribution in [0.5, 0.6) is 0 Å². The number of halogens is 2. The highest BCUT2D eigenvalue weighted by molar-refractivity contribution is 7.98. The van der Waals surface area contributed by atoms with E-state index in [1.54, 1.807) is 24.3 Å². The molecule has 2 aromatic heterocycles. The second kappa shape index (κ2) is 7.37. The van der Waals surface area contributed by atoms with Gasteiger partial charge >= 0.3 is 0 Å². The summed E-state index contributed by atoms with van der Waals surface area (Å²) in [6, 6.07) is 13.1. The molecule has 4 aromatic rings. The van der Waals surface area contributed by atoms with Gasteiger partial charge in [-0.15, -0.1) is 10.2 Å². The van der Waals surface area contributed by atoms with Crippen LogP contribution in [0.4, 0.5) is 4.39 Å². The van der Waals surface area contributed by atoms with Gasteiger partial charge in [-0.05, 0) is 36.4 Å². The quantitative estimate of drug-likeness (QED) is 0.400. The molecule has 0 atom stereocenters. The first-order valence-corrected chi connectivity index (χ1v) is 9.14. The molecule has 2 heterocycles. The maximum absolute atomic E-state index is 13.1. The van der Waals surface area contributed by atoms with Crippen LogP contribution < -0.4 is 5.84 Å². The Morgan fingerprint density at radius 1 is 1.11 bits per heavy atom. The summed E-state index contributed by atoms with van der Waals surface area (Å²) in [5, 5.41) is 13.1. The van der Waals surface area contributed by atoms with Gasteiger partial charge in [0.15, 0.2) is 5.82 Å². The van der Waals surface area contributed by atoms with Gasteiger partial charge in [0.05, 0.1) is 5.75 Å². The number of hydrogen-bond donors (Lipinski definition) is 1. The van der Waals surface area contributed by atoms with Crippen molar-refractivity contribution in [1.82, 2.24) is 25.0 Å². The molecule has 4 rings (SSSR count). The van der Waals surface area contributed by atoms with E-state index in [0.717, 1.165) is 5.56 Å². The Kier molecular flexibility index (Phi) is 4.78. The van der Waals surface area contributed by atoms with Crippen LogP contribution in [-0.2, 0) is 5.75 Å². The lowest BCUT2D eigenvalue weighted by atomic mass is 10.2. The van der Waals surface area contributed by atoms with E-state index in [0.29, 0.717) is 39.0 Å². The number of benzene rings is 2. The summed E-state index contributed by atoms with van der Waals surface area (Å²) in [6.45, 7) is 0. The molecule has 2 aromatic carbocycles. The van der Waals surface area contributed by atoms with Gasteiger partial charge in [-0.25, -0.2) is 9.07 Å². The number of thioether (sulfide) groups is 1. The number of nitrogen functional groups attached to an aromatic ring is 1. The van der Waals surface area contributed by atoms with E-state index in [-0.39, 0.29) is 5.82 Å². The van der Waals surface area contributed by atoms with Gasteiger partial charge in [0.2, 0.25) is 16.9 Å². The van der Waals surface area contributed by atoms with Gasteiger partial charge in [0.1, 0.15) is 5.82 Å². The maximum atomic E-state index is 13.1. The number of nitrogens with zero attached hydrogens (tertiary/aromatic N) is 5. The molecule has 7 nitrogen and oxygen atoms in total. The monoisotopic (exact) mass is 402 g/mol. The molecule has 0 saturated carbocycles.